The van der Waals surface area contributed by atoms with Gasteiger partial charge in [0.1, 0.15) is 11.4 Å². The van der Waals surface area contributed by atoms with Crippen molar-refractivity contribution in [1.82, 2.24) is 14.8 Å². The van der Waals surface area contributed by atoms with E-state index in [1.165, 1.54) is 4.90 Å². The second kappa shape index (κ2) is 8.84. The average molecular weight is 594 g/mol. The molecule has 2 bridgehead atoms. The fourth-order valence-electron chi connectivity index (χ4n) is 6.18. The number of benzene rings is 2. The molecule has 0 saturated carbocycles. The van der Waals surface area contributed by atoms with Gasteiger partial charge >= 0.3 is 6.09 Å². The highest BCUT2D eigenvalue weighted by Crippen LogP contribution is 2.50. The van der Waals surface area contributed by atoms with Crippen LogP contribution in [-0.4, -0.2) is 79.7 Å². The van der Waals surface area contributed by atoms with Crippen LogP contribution in [0, 0.1) is 5.41 Å². The number of para-hydroxylation sites is 1. The maximum atomic E-state index is 13.3. The first kappa shape index (κ1) is 25.4. The molecule has 0 spiro atoms. The van der Waals surface area contributed by atoms with Crippen molar-refractivity contribution < 1.29 is 24.6 Å². The second-order valence-electron chi connectivity index (χ2n) is 11.3. The molecule has 3 aliphatic heterocycles. The summed E-state index contributed by atoms with van der Waals surface area (Å²) in [4.78, 5) is 41.8. The van der Waals surface area contributed by atoms with E-state index in [0.29, 0.717) is 35.6 Å². The summed E-state index contributed by atoms with van der Waals surface area (Å²) >= 11 is 3.49. The van der Waals surface area contributed by atoms with E-state index < -0.39 is 11.6 Å². The van der Waals surface area contributed by atoms with Crippen molar-refractivity contribution in [3.63, 3.8) is 0 Å². The van der Waals surface area contributed by atoms with Crippen LogP contribution in [0.25, 0.3) is 10.9 Å². The van der Waals surface area contributed by atoms with E-state index in [2.05, 4.69) is 26.1 Å². The molecule has 11 heteroatoms. The Morgan fingerprint density at radius 3 is 2.77 bits per heavy atom. The summed E-state index contributed by atoms with van der Waals surface area (Å²) in [6.07, 6.45) is -0.357. The number of oxime groups is 1. The maximum Gasteiger partial charge on any atom is 0.407 e. The van der Waals surface area contributed by atoms with Gasteiger partial charge in [-0.1, -0.05) is 60.1 Å². The molecule has 3 N–H and O–H groups in total. The number of rotatable bonds is 4. The van der Waals surface area contributed by atoms with Crippen LogP contribution in [0.4, 0.5) is 10.5 Å². The number of aromatic amines is 1. The Bertz CT molecular complexity index is 1590. The number of halogens is 1. The number of hydrogen-bond donors (Lipinski definition) is 3. The highest BCUT2D eigenvalue weighted by atomic mass is 79.9. The number of H-pyrrole nitrogens is 1. The van der Waals surface area contributed by atoms with Gasteiger partial charge in [-0.3, -0.25) is 9.69 Å². The normalized spacial score (nSPS) is 23.0. The number of aliphatic imine (C=N–C) groups is 1. The first-order valence-corrected chi connectivity index (χ1v) is 13.5. The molecule has 2 amide bonds. The molecule has 1 aromatic heterocycles. The summed E-state index contributed by atoms with van der Waals surface area (Å²) in [7, 11) is 0. The lowest BCUT2D eigenvalue weighted by Gasteiger charge is -2.48. The van der Waals surface area contributed by atoms with E-state index in [-0.39, 0.29) is 36.4 Å². The number of piperazine rings is 1. The zero-order valence-corrected chi connectivity index (χ0v) is 23.3. The van der Waals surface area contributed by atoms with Crippen LogP contribution in [0.2, 0.25) is 0 Å². The van der Waals surface area contributed by atoms with E-state index >= 15 is 0 Å². The molecule has 2 saturated heterocycles. The summed E-state index contributed by atoms with van der Waals surface area (Å²) in [5, 5.41) is 25.7. The van der Waals surface area contributed by atoms with Crippen molar-refractivity contribution in [2.45, 2.75) is 38.8 Å². The van der Waals surface area contributed by atoms with Gasteiger partial charge in [-0.05, 0) is 36.1 Å². The van der Waals surface area contributed by atoms with Crippen LogP contribution in [-0.2, 0) is 9.63 Å². The molecule has 2 fully saturated rings. The largest absolute Gasteiger partial charge is 0.494 e. The molecule has 3 aliphatic rings. The summed E-state index contributed by atoms with van der Waals surface area (Å²) in [6.45, 7) is 6.34. The third kappa shape index (κ3) is 3.90. The van der Waals surface area contributed by atoms with Crippen molar-refractivity contribution in [3.8, 4) is 5.88 Å². The molecule has 3 aromatic rings. The van der Waals surface area contributed by atoms with E-state index in [1.54, 1.807) is 4.90 Å². The third-order valence-electron chi connectivity index (χ3n) is 8.24. The Balaban J connectivity index is 1.27. The zero-order valence-electron chi connectivity index (χ0n) is 21.7. The van der Waals surface area contributed by atoms with Crippen LogP contribution in [0.5, 0.6) is 5.88 Å². The molecule has 2 aromatic carbocycles. The minimum Gasteiger partial charge on any atom is -0.494 e. The SMILES string of the molecule is CC(C)(C)[C@]12C[C@@H](CN1C(=O)O)N(C(=O)CO/N=C1/C(c3c(O)[nH]c4ccc(Br)cc34)=Nc3ccccc31)C2. The first-order valence-electron chi connectivity index (χ1n) is 12.7. The highest BCUT2D eigenvalue weighted by molar-refractivity contribution is 9.10. The number of hydrogen-bond acceptors (Lipinski definition) is 6. The number of amides is 2. The highest BCUT2D eigenvalue weighted by Gasteiger charge is 2.62. The van der Waals surface area contributed by atoms with Gasteiger partial charge in [0.05, 0.1) is 22.8 Å². The zero-order chi connectivity index (χ0) is 27.7. The lowest BCUT2D eigenvalue weighted by molar-refractivity contribution is -0.140. The van der Waals surface area contributed by atoms with Gasteiger partial charge in [-0.15, -0.1) is 0 Å². The van der Waals surface area contributed by atoms with Gasteiger partial charge in [0.15, 0.2) is 12.5 Å². The Morgan fingerprint density at radius 2 is 2.03 bits per heavy atom. The van der Waals surface area contributed by atoms with E-state index in [1.807, 2.05) is 63.2 Å². The fourth-order valence-corrected chi connectivity index (χ4v) is 6.55. The topological polar surface area (TPSA) is 131 Å². The van der Waals surface area contributed by atoms with Crippen LogP contribution >= 0.6 is 15.9 Å². The molecule has 39 heavy (non-hydrogen) atoms. The van der Waals surface area contributed by atoms with Gasteiger partial charge < -0.3 is 24.9 Å². The Kier molecular flexibility index (Phi) is 5.76. The lowest BCUT2D eigenvalue weighted by Crippen LogP contribution is -2.62. The molecule has 202 valence electrons. The van der Waals surface area contributed by atoms with Crippen LogP contribution < -0.4 is 0 Å². The summed E-state index contributed by atoms with van der Waals surface area (Å²) < 4.78 is 0.848. The van der Waals surface area contributed by atoms with E-state index in [4.69, 9.17) is 9.83 Å². The molecule has 4 heterocycles. The quantitative estimate of drug-likeness (QED) is 0.371. The smallest absolute Gasteiger partial charge is 0.407 e. The van der Waals surface area contributed by atoms with Gasteiger partial charge in [0.2, 0.25) is 0 Å². The van der Waals surface area contributed by atoms with Gasteiger partial charge in [-0.2, -0.15) is 0 Å². The Labute approximate surface area is 233 Å². The summed E-state index contributed by atoms with van der Waals surface area (Å²) in [6, 6.07) is 12.9. The number of carbonyl (C=O) groups excluding carboxylic acids is 1. The van der Waals surface area contributed by atoms with Crippen molar-refractivity contribution in [2.24, 2.45) is 15.6 Å². The number of carbonyl (C=O) groups is 2. The number of aromatic nitrogens is 1. The van der Waals surface area contributed by atoms with Gasteiger partial charge in [0.25, 0.3) is 5.91 Å². The number of nitrogens with one attached hydrogen (secondary N) is 1. The minimum absolute atomic E-state index is 0.0398. The maximum absolute atomic E-state index is 13.3. The van der Waals surface area contributed by atoms with Crippen molar-refractivity contribution >= 4 is 55.9 Å². The number of nitrogens with zero attached hydrogens (tertiary/aromatic N) is 4. The molecule has 10 nitrogen and oxygen atoms in total. The lowest BCUT2D eigenvalue weighted by atomic mass is 9.73. The Hall–Kier alpha value is -3.86. The van der Waals surface area contributed by atoms with E-state index in [0.717, 1.165) is 20.9 Å². The molecule has 0 aliphatic carbocycles. The number of carboxylic acid groups (broad SMARTS) is 1. The summed E-state index contributed by atoms with van der Waals surface area (Å²) in [5.41, 5.74) is 2.52. The molecule has 2 atom stereocenters. The first-order chi connectivity index (χ1) is 18.5. The number of likely N-dealkylation sites (tertiary alicyclic amines) is 2. The second-order valence-corrected chi connectivity index (χ2v) is 12.2. The number of aromatic hydroxyl groups is 1. The van der Waals surface area contributed by atoms with Crippen molar-refractivity contribution in [1.29, 1.82) is 0 Å². The molecule has 6 rings (SSSR count). The van der Waals surface area contributed by atoms with E-state index in [9.17, 15) is 19.8 Å². The minimum atomic E-state index is -0.957. The number of fused-ring (bicyclic) bond motifs is 4. The Morgan fingerprint density at radius 1 is 1.26 bits per heavy atom. The van der Waals surface area contributed by atoms with Crippen molar-refractivity contribution in [3.05, 3.63) is 58.1 Å². The molecule has 0 radical (unpaired) electrons. The standard InChI is InChI=1S/C28H28BrN5O5/c1-27(2,3)28-11-16(12-34(28)26(37)38)33(14-28)21(35)13-39-32-23-17-6-4-5-7-19(17)30-24(23)22-18-10-15(29)8-9-20(18)31-25(22)36/h4-10,16,31,36H,11-14H2,1-3H3,(H,37,38)/b32-23+/t16-,28+/m0/s1. The van der Waals surface area contributed by atoms with Gasteiger partial charge in [0, 0.05) is 34.0 Å². The third-order valence-corrected chi connectivity index (χ3v) is 8.73. The average Bonchev–Trinajstić information content (AvgIpc) is 3.62. The molecular weight excluding hydrogens is 566 g/mol. The monoisotopic (exact) mass is 593 g/mol. The van der Waals surface area contributed by atoms with Gasteiger partial charge in [-0.25, -0.2) is 9.79 Å². The predicted molar refractivity (Wildman–Crippen MR) is 150 cm³/mol. The van der Waals surface area contributed by atoms with Crippen LogP contribution in [0.1, 0.15) is 38.3 Å². The van der Waals surface area contributed by atoms with Crippen LogP contribution in [0.15, 0.2) is 57.1 Å². The van der Waals surface area contributed by atoms with Crippen LogP contribution in [0.3, 0.4) is 0 Å². The fraction of sp³-hybridized carbons (Fsp3) is 0.357. The summed E-state index contributed by atoms with van der Waals surface area (Å²) in [5.74, 6) is -0.286. The predicted octanol–water partition coefficient (Wildman–Crippen LogP) is 4.87. The molecular formula is C28H28BrN5O5. The van der Waals surface area contributed by atoms with Crippen molar-refractivity contribution in [2.75, 3.05) is 19.7 Å². The molecule has 0 unspecified atom stereocenters.